The summed E-state index contributed by atoms with van der Waals surface area (Å²) >= 11 is 0. The molecule has 0 heterocycles. The second-order valence-electron chi connectivity index (χ2n) is 2.10. The van der Waals surface area contributed by atoms with Crippen LogP contribution in [-0.4, -0.2) is 25.7 Å². The fourth-order valence-electron chi connectivity index (χ4n) is 0.390. The van der Waals surface area contributed by atoms with Gasteiger partial charge in [-0.1, -0.05) is 0 Å². The molecule has 11 heavy (non-hydrogen) atoms. The highest BCUT2D eigenvalue weighted by atomic mass is 31.2. The molecular formula is C3H9O6P2. The van der Waals surface area contributed by atoms with Crippen LogP contribution in [0.1, 0.15) is 6.92 Å². The molecular weight excluding hydrogens is 194 g/mol. The third-order valence-electron chi connectivity index (χ3n) is 0.932. The molecule has 0 aliphatic heterocycles. The lowest BCUT2D eigenvalue weighted by Crippen LogP contribution is -2.00. The second-order valence-corrected chi connectivity index (χ2v) is 5.60. The van der Waals surface area contributed by atoms with E-state index in [1.54, 1.807) is 0 Å². The molecule has 8 heteroatoms. The van der Waals surface area contributed by atoms with Crippen molar-refractivity contribution in [2.45, 2.75) is 6.92 Å². The van der Waals surface area contributed by atoms with Crippen LogP contribution in [-0.2, 0) is 9.13 Å². The molecule has 0 aromatic rings. The zero-order valence-electron chi connectivity index (χ0n) is 5.71. The summed E-state index contributed by atoms with van der Waals surface area (Å²) in [6.07, 6.45) is -0.864. The molecule has 0 aliphatic rings. The van der Waals surface area contributed by atoms with Crippen LogP contribution in [0.5, 0.6) is 0 Å². The fraction of sp³-hybridized carbons (Fsp3) is 0.667. The van der Waals surface area contributed by atoms with Crippen LogP contribution in [0.25, 0.3) is 0 Å². The standard InChI is InChI=1S/C3H9O6P2/c1-3(11(7,8)9)2-10(4,5)6/h2H2,1H3,(H2,4,5,6)(H2,7,8,9). The van der Waals surface area contributed by atoms with E-state index in [2.05, 4.69) is 0 Å². The van der Waals surface area contributed by atoms with Gasteiger partial charge in [0.25, 0.3) is 0 Å². The smallest absolute Gasteiger partial charge is 0.324 e. The SMILES string of the molecule is C[C](CP(=O)(O)O)P(=O)(O)O. The molecule has 0 bridgehead atoms. The van der Waals surface area contributed by atoms with Crippen LogP contribution in [0.2, 0.25) is 0 Å². The molecule has 0 spiro atoms. The predicted molar refractivity (Wildman–Crippen MR) is 37.9 cm³/mol. The third kappa shape index (κ3) is 5.56. The Hall–Kier alpha value is 0.300. The van der Waals surface area contributed by atoms with Crippen LogP contribution in [0, 0.1) is 5.66 Å². The lowest BCUT2D eigenvalue weighted by molar-refractivity contribution is 0.360. The third-order valence-corrected chi connectivity index (χ3v) is 3.22. The topological polar surface area (TPSA) is 115 Å². The molecule has 0 fully saturated rings. The molecule has 0 saturated carbocycles. The van der Waals surface area contributed by atoms with Crippen LogP contribution >= 0.6 is 15.2 Å². The van der Waals surface area contributed by atoms with E-state index in [9.17, 15) is 9.13 Å². The normalized spacial score (nSPS) is 14.0. The van der Waals surface area contributed by atoms with Gasteiger partial charge in [0.2, 0.25) is 0 Å². The maximum Gasteiger partial charge on any atom is 0.333 e. The minimum atomic E-state index is -4.43. The van der Waals surface area contributed by atoms with Crippen LogP contribution in [0.4, 0.5) is 0 Å². The summed E-state index contributed by atoms with van der Waals surface area (Å²) in [4.78, 5) is 33.4. The molecule has 0 unspecified atom stereocenters. The van der Waals surface area contributed by atoms with Gasteiger partial charge in [0.15, 0.2) is 0 Å². The Morgan fingerprint density at radius 2 is 1.55 bits per heavy atom. The van der Waals surface area contributed by atoms with E-state index >= 15 is 0 Å². The van der Waals surface area contributed by atoms with E-state index < -0.39 is 27.0 Å². The zero-order chi connectivity index (χ0) is 9.28. The molecule has 4 N–H and O–H groups in total. The molecule has 0 aromatic heterocycles. The summed E-state index contributed by atoms with van der Waals surface area (Å²) in [6.45, 7) is 1.01. The Balaban J connectivity index is 4.22. The molecule has 0 saturated heterocycles. The van der Waals surface area contributed by atoms with E-state index in [4.69, 9.17) is 19.6 Å². The Labute approximate surface area is 63.6 Å². The maximum atomic E-state index is 10.3. The highest BCUT2D eigenvalue weighted by molar-refractivity contribution is 7.58. The van der Waals surface area contributed by atoms with E-state index in [0.717, 1.165) is 6.92 Å². The van der Waals surface area contributed by atoms with Crippen molar-refractivity contribution in [2.24, 2.45) is 0 Å². The first-order chi connectivity index (χ1) is 4.63. The lowest BCUT2D eigenvalue weighted by atomic mass is 10.6. The Kier molecular flexibility index (Phi) is 3.44. The number of hydrogen-bond donors (Lipinski definition) is 4. The molecule has 0 aromatic carbocycles. The van der Waals surface area contributed by atoms with Gasteiger partial charge in [-0.05, 0) is 6.92 Å². The highest BCUT2D eigenvalue weighted by Crippen LogP contribution is 2.53. The number of hydrogen-bond acceptors (Lipinski definition) is 2. The monoisotopic (exact) mass is 203 g/mol. The van der Waals surface area contributed by atoms with E-state index in [1.165, 1.54) is 0 Å². The first-order valence-electron chi connectivity index (χ1n) is 2.56. The van der Waals surface area contributed by atoms with Crippen LogP contribution in [0.15, 0.2) is 0 Å². The maximum absolute atomic E-state index is 10.3. The first kappa shape index (κ1) is 11.3. The zero-order valence-corrected chi connectivity index (χ0v) is 7.50. The minimum Gasteiger partial charge on any atom is -0.324 e. The molecule has 0 atom stereocenters. The van der Waals surface area contributed by atoms with E-state index in [-0.39, 0.29) is 0 Å². The summed E-state index contributed by atoms with van der Waals surface area (Å²) in [5, 5.41) is 0. The van der Waals surface area contributed by atoms with Crippen molar-refractivity contribution >= 4 is 15.2 Å². The summed E-state index contributed by atoms with van der Waals surface area (Å²) in [6, 6.07) is 0. The fourth-order valence-corrected chi connectivity index (χ4v) is 2.28. The average Bonchev–Trinajstić information content (AvgIpc) is 1.56. The van der Waals surface area contributed by atoms with Gasteiger partial charge in [0.05, 0.1) is 11.8 Å². The Bertz CT molecular complexity index is 212. The van der Waals surface area contributed by atoms with Gasteiger partial charge in [0.1, 0.15) is 0 Å². The second kappa shape index (κ2) is 3.35. The minimum absolute atomic E-state index is 0.495. The van der Waals surface area contributed by atoms with Crippen molar-refractivity contribution in [3.05, 3.63) is 5.66 Å². The van der Waals surface area contributed by atoms with Gasteiger partial charge >= 0.3 is 15.2 Å². The van der Waals surface area contributed by atoms with Crippen molar-refractivity contribution in [1.82, 2.24) is 0 Å². The van der Waals surface area contributed by atoms with Gasteiger partial charge in [-0.3, -0.25) is 9.13 Å². The lowest BCUT2D eigenvalue weighted by Gasteiger charge is -2.12. The molecule has 1 radical (unpaired) electrons. The molecule has 67 valence electrons. The van der Waals surface area contributed by atoms with Gasteiger partial charge in [-0.2, -0.15) is 0 Å². The van der Waals surface area contributed by atoms with Crippen molar-refractivity contribution < 1.29 is 28.7 Å². The quantitative estimate of drug-likeness (QED) is 0.476. The van der Waals surface area contributed by atoms with E-state index in [1.807, 2.05) is 0 Å². The highest BCUT2D eigenvalue weighted by Gasteiger charge is 2.31. The molecule has 0 rings (SSSR count). The van der Waals surface area contributed by atoms with Crippen molar-refractivity contribution in [3.8, 4) is 0 Å². The molecule has 0 aliphatic carbocycles. The van der Waals surface area contributed by atoms with Crippen LogP contribution in [0.3, 0.4) is 0 Å². The summed E-state index contributed by atoms with van der Waals surface area (Å²) < 4.78 is 20.5. The average molecular weight is 203 g/mol. The van der Waals surface area contributed by atoms with Gasteiger partial charge < -0.3 is 19.6 Å². The molecule has 6 nitrogen and oxygen atoms in total. The summed E-state index contributed by atoms with van der Waals surface area (Å²) in [5.41, 5.74) is -0.495. The largest absolute Gasteiger partial charge is 0.333 e. The predicted octanol–water partition coefficient (Wildman–Crippen LogP) is -0.106. The van der Waals surface area contributed by atoms with Gasteiger partial charge in [-0.25, -0.2) is 0 Å². The first-order valence-corrected chi connectivity index (χ1v) is 5.97. The summed E-state index contributed by atoms with van der Waals surface area (Å²) in [7, 11) is -8.78. The van der Waals surface area contributed by atoms with E-state index in [0.29, 0.717) is 0 Å². The summed E-state index contributed by atoms with van der Waals surface area (Å²) in [5.74, 6) is 0. The van der Waals surface area contributed by atoms with Crippen molar-refractivity contribution in [2.75, 3.05) is 6.16 Å². The van der Waals surface area contributed by atoms with Crippen molar-refractivity contribution in [1.29, 1.82) is 0 Å². The van der Waals surface area contributed by atoms with Gasteiger partial charge in [0, 0.05) is 0 Å². The Morgan fingerprint density at radius 3 is 1.64 bits per heavy atom. The van der Waals surface area contributed by atoms with Crippen molar-refractivity contribution in [3.63, 3.8) is 0 Å². The Morgan fingerprint density at radius 1 is 1.18 bits per heavy atom. The van der Waals surface area contributed by atoms with Crippen LogP contribution < -0.4 is 0 Å². The van der Waals surface area contributed by atoms with Gasteiger partial charge in [-0.15, -0.1) is 0 Å². The number of rotatable bonds is 3. The molecule has 0 amide bonds.